The number of aromatic nitrogens is 4. The van der Waals surface area contributed by atoms with Crippen LogP contribution in [0.3, 0.4) is 0 Å². The van der Waals surface area contributed by atoms with E-state index >= 15 is 0 Å². The monoisotopic (exact) mass is 576 g/mol. The molecule has 0 aliphatic rings. The zero-order valence-electron chi connectivity index (χ0n) is 20.9. The van der Waals surface area contributed by atoms with Gasteiger partial charge in [0.05, 0.1) is 29.0 Å². The van der Waals surface area contributed by atoms with Crippen molar-refractivity contribution < 1.29 is 23.2 Å². The summed E-state index contributed by atoms with van der Waals surface area (Å²) < 4.78 is 35.4. The zero-order chi connectivity index (χ0) is 28.0. The van der Waals surface area contributed by atoms with Crippen molar-refractivity contribution in [3.63, 3.8) is 0 Å². The molecular formula is C27H24N6O5S2. The quantitative estimate of drug-likeness (QED) is 0.158. The lowest BCUT2D eigenvalue weighted by molar-refractivity contribution is -0.133. The molecule has 1 unspecified atom stereocenters. The maximum Gasteiger partial charge on any atom is 0.268 e. The van der Waals surface area contributed by atoms with Crippen molar-refractivity contribution in [3.05, 3.63) is 109 Å². The first-order chi connectivity index (χ1) is 19.4. The van der Waals surface area contributed by atoms with Crippen molar-refractivity contribution in [1.29, 1.82) is 0 Å². The fourth-order valence-corrected chi connectivity index (χ4v) is 6.15. The molecule has 5 aromatic rings. The molecule has 13 heteroatoms. The highest BCUT2D eigenvalue weighted by Crippen LogP contribution is 2.29. The Hall–Kier alpha value is -4.43. The molecule has 0 bridgehead atoms. The number of carbonyl (C=O) groups excluding carboxylic acids is 1. The van der Waals surface area contributed by atoms with Crippen LogP contribution in [0.25, 0.3) is 10.6 Å². The molecule has 204 valence electrons. The van der Waals surface area contributed by atoms with Gasteiger partial charge in [-0.1, -0.05) is 41.6 Å². The van der Waals surface area contributed by atoms with Crippen LogP contribution in [0, 0.1) is 0 Å². The summed E-state index contributed by atoms with van der Waals surface area (Å²) in [6.07, 6.45) is 3.30. The van der Waals surface area contributed by atoms with Crippen molar-refractivity contribution in [3.8, 4) is 22.1 Å². The van der Waals surface area contributed by atoms with Gasteiger partial charge in [0.25, 0.3) is 5.91 Å². The van der Waals surface area contributed by atoms with Gasteiger partial charge >= 0.3 is 0 Å². The van der Waals surface area contributed by atoms with Crippen molar-refractivity contribution in [1.82, 2.24) is 30.2 Å². The maximum atomic E-state index is 12.8. The van der Waals surface area contributed by atoms with Crippen LogP contribution in [0.1, 0.15) is 17.3 Å². The van der Waals surface area contributed by atoms with Crippen LogP contribution in [0.4, 0.5) is 0 Å². The standard InChI is InChI=1S/C27H24N6O5S2/c34-27(31-35)24(16-19-9-11-22(12-10-19)38-21-6-2-1-3-7-21)33-18-20(30-32-33)17-29-40(36,37)26-14-13-25(39-26)23-8-4-5-15-28-23/h1-15,18,24,29,35H,16-17H2,(H,31,34). The molecule has 1 amide bonds. The smallest absolute Gasteiger partial charge is 0.268 e. The Kier molecular flexibility index (Phi) is 8.26. The third-order valence-electron chi connectivity index (χ3n) is 5.83. The summed E-state index contributed by atoms with van der Waals surface area (Å²) in [4.78, 5) is 17.4. The molecule has 3 aromatic heterocycles. The van der Waals surface area contributed by atoms with Crippen molar-refractivity contribution in [2.24, 2.45) is 0 Å². The zero-order valence-corrected chi connectivity index (χ0v) is 22.5. The Labute approximate surface area is 234 Å². The minimum Gasteiger partial charge on any atom is -0.457 e. The molecule has 2 aromatic carbocycles. The first-order valence-electron chi connectivity index (χ1n) is 12.1. The molecule has 3 N–H and O–H groups in total. The number of hydrogen-bond acceptors (Lipinski definition) is 9. The average Bonchev–Trinajstić information content (AvgIpc) is 3.68. The number of ether oxygens (including phenoxy) is 1. The molecule has 11 nitrogen and oxygen atoms in total. The van der Waals surface area contributed by atoms with Gasteiger partial charge in [-0.2, -0.15) is 0 Å². The summed E-state index contributed by atoms with van der Waals surface area (Å²) in [5, 5.41) is 17.3. The van der Waals surface area contributed by atoms with Gasteiger partial charge in [0.15, 0.2) is 0 Å². The number of nitrogens with zero attached hydrogens (tertiary/aromatic N) is 4. The van der Waals surface area contributed by atoms with E-state index < -0.39 is 22.0 Å². The molecular weight excluding hydrogens is 552 g/mol. The van der Waals surface area contributed by atoms with E-state index in [1.165, 1.54) is 16.9 Å². The summed E-state index contributed by atoms with van der Waals surface area (Å²) in [5.41, 5.74) is 3.43. The summed E-state index contributed by atoms with van der Waals surface area (Å²) in [7, 11) is -3.82. The molecule has 0 aliphatic heterocycles. The number of amides is 1. The number of benzene rings is 2. The summed E-state index contributed by atoms with van der Waals surface area (Å²) >= 11 is 1.10. The number of rotatable bonds is 11. The Morgan fingerprint density at radius 2 is 1.73 bits per heavy atom. The first-order valence-corrected chi connectivity index (χ1v) is 14.4. The van der Waals surface area contributed by atoms with Crippen LogP contribution in [-0.4, -0.2) is 39.5 Å². The minimum atomic E-state index is -3.82. The predicted molar refractivity (Wildman–Crippen MR) is 147 cm³/mol. The van der Waals surface area contributed by atoms with Gasteiger partial charge in [-0.15, -0.1) is 16.4 Å². The molecule has 0 spiro atoms. The normalized spacial score (nSPS) is 12.1. The van der Waals surface area contributed by atoms with Crippen LogP contribution in [-0.2, 0) is 27.8 Å². The van der Waals surface area contributed by atoms with Crippen molar-refractivity contribution in [2.45, 2.75) is 23.2 Å². The average molecular weight is 577 g/mol. The van der Waals surface area contributed by atoms with E-state index in [9.17, 15) is 18.4 Å². The SMILES string of the molecule is O=C(NO)C(Cc1ccc(Oc2ccccc2)cc1)n1cc(CNS(=O)(=O)c2ccc(-c3ccccn3)s2)nn1. The van der Waals surface area contributed by atoms with Gasteiger partial charge in [0.1, 0.15) is 21.8 Å². The maximum absolute atomic E-state index is 12.8. The summed E-state index contributed by atoms with van der Waals surface area (Å²) in [6.45, 7) is -0.141. The Morgan fingerprint density at radius 3 is 2.45 bits per heavy atom. The molecule has 1 atom stereocenters. The molecule has 0 aliphatic carbocycles. The van der Waals surface area contributed by atoms with Crippen molar-refractivity contribution >= 4 is 27.3 Å². The highest BCUT2D eigenvalue weighted by atomic mass is 32.2. The molecule has 0 saturated heterocycles. The van der Waals surface area contributed by atoms with E-state index in [4.69, 9.17) is 4.74 Å². The highest BCUT2D eigenvalue weighted by molar-refractivity contribution is 7.91. The Morgan fingerprint density at radius 1 is 0.975 bits per heavy atom. The number of hydrogen-bond donors (Lipinski definition) is 3. The van der Waals surface area contributed by atoms with Gasteiger partial charge in [-0.25, -0.2) is 23.3 Å². The fraction of sp³-hybridized carbons (Fsp3) is 0.111. The van der Waals surface area contributed by atoms with Gasteiger partial charge in [-0.05, 0) is 54.1 Å². The third kappa shape index (κ3) is 6.58. The topological polar surface area (TPSA) is 148 Å². The number of sulfonamides is 1. The van der Waals surface area contributed by atoms with Gasteiger partial charge in [0.2, 0.25) is 10.0 Å². The Balaban J connectivity index is 1.24. The largest absolute Gasteiger partial charge is 0.457 e. The van der Waals surface area contributed by atoms with Crippen LogP contribution < -0.4 is 14.9 Å². The van der Waals surface area contributed by atoms with Gasteiger partial charge < -0.3 is 4.74 Å². The minimum absolute atomic E-state index is 0.137. The van der Waals surface area contributed by atoms with Crippen LogP contribution in [0.2, 0.25) is 0 Å². The number of hydroxylamine groups is 1. The third-order valence-corrected chi connectivity index (χ3v) is 8.83. The Bertz CT molecular complexity index is 1670. The molecule has 0 fully saturated rings. The molecule has 40 heavy (non-hydrogen) atoms. The van der Waals surface area contributed by atoms with E-state index in [2.05, 4.69) is 20.0 Å². The number of pyridine rings is 1. The van der Waals surface area contributed by atoms with Crippen LogP contribution in [0.5, 0.6) is 11.5 Å². The molecule has 3 heterocycles. The number of thiophene rings is 1. The second kappa shape index (κ2) is 12.2. The van der Waals surface area contributed by atoms with Crippen LogP contribution >= 0.6 is 11.3 Å². The number of nitrogens with one attached hydrogen (secondary N) is 2. The summed E-state index contributed by atoms with van der Waals surface area (Å²) in [5.74, 6) is 0.639. The van der Waals surface area contributed by atoms with E-state index in [1.807, 2.05) is 48.5 Å². The molecule has 5 rings (SSSR count). The lowest BCUT2D eigenvalue weighted by Crippen LogP contribution is -2.32. The van der Waals surface area contributed by atoms with Crippen LogP contribution in [0.15, 0.2) is 102 Å². The second-order valence-electron chi connectivity index (χ2n) is 8.60. The van der Waals surface area contributed by atoms with E-state index in [0.717, 1.165) is 21.8 Å². The second-order valence-corrected chi connectivity index (χ2v) is 11.7. The number of para-hydroxylation sites is 1. The fourth-order valence-electron chi connectivity index (χ4n) is 3.82. The number of carbonyl (C=O) groups is 1. The lowest BCUT2D eigenvalue weighted by Gasteiger charge is -2.15. The molecule has 0 radical (unpaired) electrons. The van der Waals surface area contributed by atoms with E-state index in [1.54, 1.807) is 42.0 Å². The van der Waals surface area contributed by atoms with E-state index in [0.29, 0.717) is 22.9 Å². The van der Waals surface area contributed by atoms with Gasteiger partial charge in [-0.3, -0.25) is 15.0 Å². The lowest BCUT2D eigenvalue weighted by atomic mass is 10.1. The highest BCUT2D eigenvalue weighted by Gasteiger charge is 2.23. The van der Waals surface area contributed by atoms with Gasteiger partial charge in [0, 0.05) is 12.6 Å². The summed E-state index contributed by atoms with van der Waals surface area (Å²) in [6, 6.07) is 24.2. The van der Waals surface area contributed by atoms with Crippen molar-refractivity contribution in [2.75, 3.05) is 0 Å². The first kappa shape index (κ1) is 27.1. The molecule has 0 saturated carbocycles. The van der Waals surface area contributed by atoms with E-state index in [-0.39, 0.29) is 17.2 Å². The predicted octanol–water partition coefficient (Wildman–Crippen LogP) is 3.96.